The summed E-state index contributed by atoms with van der Waals surface area (Å²) in [5.41, 5.74) is 3.57. The fourth-order valence-corrected chi connectivity index (χ4v) is 2.75. The highest BCUT2D eigenvalue weighted by atomic mass is 16.1. The molecule has 3 aromatic rings. The smallest absolute Gasteiger partial charge is 0.257 e. The second kappa shape index (κ2) is 7.10. The molecular weight excluding hydrogens is 312 g/mol. The van der Waals surface area contributed by atoms with Crippen LogP contribution in [0.1, 0.15) is 27.3 Å². The molecule has 0 fully saturated rings. The average Bonchev–Trinajstić information content (AvgIpc) is 3.14. The molecule has 1 aromatic carbocycles. The second-order valence-corrected chi connectivity index (χ2v) is 5.81. The molecule has 0 bridgehead atoms. The van der Waals surface area contributed by atoms with E-state index in [4.69, 9.17) is 0 Å². The number of carbonyl (C=O) groups is 1. The fraction of sp³-hybridized carbons (Fsp3) is 0.200. The highest BCUT2D eigenvalue weighted by Crippen LogP contribution is 2.19. The number of aromatic nitrogens is 3. The number of carbonyl (C=O) groups excluding carboxylic acids is 1. The number of hydrogen-bond donors (Lipinski definition) is 1. The minimum atomic E-state index is -0.182. The van der Waals surface area contributed by atoms with Crippen molar-refractivity contribution in [2.24, 2.45) is 7.05 Å². The van der Waals surface area contributed by atoms with Gasteiger partial charge in [-0.05, 0) is 38.1 Å². The van der Waals surface area contributed by atoms with Gasteiger partial charge in [0.05, 0.1) is 12.7 Å². The van der Waals surface area contributed by atoms with E-state index in [1.807, 2.05) is 67.9 Å². The lowest BCUT2D eigenvalue weighted by atomic mass is 10.2. The highest BCUT2D eigenvalue weighted by molar-refractivity contribution is 5.97. The first-order chi connectivity index (χ1) is 12.1. The molecule has 1 amide bonds. The summed E-state index contributed by atoms with van der Waals surface area (Å²) < 4.78 is 3.74. The minimum Gasteiger partial charge on any atom is -0.341 e. The number of rotatable bonds is 3. The summed E-state index contributed by atoms with van der Waals surface area (Å²) in [5.74, 6) is 6.57. The van der Waals surface area contributed by atoms with Crippen molar-refractivity contribution >= 4 is 5.91 Å². The van der Waals surface area contributed by atoms with Gasteiger partial charge >= 0.3 is 0 Å². The van der Waals surface area contributed by atoms with Crippen LogP contribution in [-0.2, 0) is 7.05 Å². The molecule has 0 aliphatic rings. The van der Waals surface area contributed by atoms with Crippen LogP contribution in [0, 0.1) is 25.7 Å². The van der Waals surface area contributed by atoms with Crippen molar-refractivity contribution in [3.63, 3.8) is 0 Å². The van der Waals surface area contributed by atoms with Crippen molar-refractivity contribution in [2.75, 3.05) is 6.54 Å². The number of amides is 1. The maximum absolute atomic E-state index is 12.6. The van der Waals surface area contributed by atoms with E-state index in [1.54, 1.807) is 10.9 Å². The summed E-state index contributed by atoms with van der Waals surface area (Å²) in [6, 6.07) is 13.7. The van der Waals surface area contributed by atoms with E-state index >= 15 is 0 Å². The molecule has 0 aliphatic carbocycles. The Labute approximate surface area is 147 Å². The number of nitrogens with one attached hydrogen (secondary N) is 1. The van der Waals surface area contributed by atoms with Gasteiger partial charge in [0, 0.05) is 24.0 Å². The second-order valence-electron chi connectivity index (χ2n) is 5.81. The fourth-order valence-electron chi connectivity index (χ4n) is 2.75. The van der Waals surface area contributed by atoms with Crippen molar-refractivity contribution in [1.29, 1.82) is 0 Å². The topological polar surface area (TPSA) is 51.9 Å². The van der Waals surface area contributed by atoms with Crippen molar-refractivity contribution in [3.05, 3.63) is 71.2 Å². The van der Waals surface area contributed by atoms with Crippen LogP contribution in [0.25, 0.3) is 5.82 Å². The zero-order chi connectivity index (χ0) is 17.8. The molecule has 5 heteroatoms. The third kappa shape index (κ3) is 3.48. The normalized spacial score (nSPS) is 10.2. The first-order valence-electron chi connectivity index (χ1n) is 8.07. The molecule has 0 atom stereocenters. The van der Waals surface area contributed by atoms with Crippen LogP contribution in [0.4, 0.5) is 0 Å². The SMILES string of the molecule is Cc1ccc(C)n1-c1c(C(=O)NCC#Cc2ccccc2)cnn1C. The van der Waals surface area contributed by atoms with Crippen LogP contribution in [0.2, 0.25) is 0 Å². The Morgan fingerprint density at radius 1 is 1.12 bits per heavy atom. The van der Waals surface area contributed by atoms with Gasteiger partial charge in [-0.1, -0.05) is 30.0 Å². The monoisotopic (exact) mass is 332 g/mol. The Hall–Kier alpha value is -3.26. The zero-order valence-electron chi connectivity index (χ0n) is 14.6. The predicted octanol–water partition coefficient (Wildman–Crippen LogP) is 2.61. The van der Waals surface area contributed by atoms with Crippen molar-refractivity contribution in [1.82, 2.24) is 19.7 Å². The first-order valence-corrected chi connectivity index (χ1v) is 8.07. The van der Waals surface area contributed by atoms with Crippen LogP contribution >= 0.6 is 0 Å². The largest absolute Gasteiger partial charge is 0.341 e. The first kappa shape index (κ1) is 16.6. The summed E-state index contributed by atoms with van der Waals surface area (Å²) in [6.07, 6.45) is 1.59. The van der Waals surface area contributed by atoms with Crippen LogP contribution < -0.4 is 5.32 Å². The van der Waals surface area contributed by atoms with Crippen LogP contribution in [0.15, 0.2) is 48.7 Å². The lowest BCUT2D eigenvalue weighted by molar-refractivity contribution is 0.0958. The maximum Gasteiger partial charge on any atom is 0.257 e. The summed E-state index contributed by atoms with van der Waals surface area (Å²) in [7, 11) is 1.83. The molecule has 0 saturated carbocycles. The summed E-state index contributed by atoms with van der Waals surface area (Å²) in [5, 5.41) is 7.10. The Balaban J connectivity index is 1.77. The molecule has 1 N–H and O–H groups in total. The molecule has 0 unspecified atom stereocenters. The van der Waals surface area contributed by atoms with Crippen molar-refractivity contribution < 1.29 is 4.79 Å². The standard InChI is InChI=1S/C20H20N4O/c1-15-11-12-16(2)24(15)20-18(14-22-23(20)3)19(25)21-13-7-10-17-8-5-4-6-9-17/h4-6,8-9,11-12,14H,13H2,1-3H3,(H,21,25). The third-order valence-electron chi connectivity index (χ3n) is 3.98. The molecule has 0 aliphatic heterocycles. The summed E-state index contributed by atoms with van der Waals surface area (Å²) >= 11 is 0. The molecule has 0 radical (unpaired) electrons. The van der Waals surface area contributed by atoms with E-state index < -0.39 is 0 Å². The Morgan fingerprint density at radius 2 is 1.80 bits per heavy atom. The Bertz CT molecular complexity index is 935. The van der Waals surface area contributed by atoms with Crippen molar-refractivity contribution in [2.45, 2.75) is 13.8 Å². The molecule has 0 spiro atoms. The van der Waals surface area contributed by atoms with Gasteiger partial charge in [-0.3, -0.25) is 9.48 Å². The van der Waals surface area contributed by atoms with Crippen LogP contribution in [0.5, 0.6) is 0 Å². The van der Waals surface area contributed by atoms with E-state index in [1.165, 1.54) is 0 Å². The van der Waals surface area contributed by atoms with E-state index in [9.17, 15) is 4.79 Å². The lowest BCUT2D eigenvalue weighted by Crippen LogP contribution is -2.25. The minimum absolute atomic E-state index is 0.182. The van der Waals surface area contributed by atoms with Crippen molar-refractivity contribution in [3.8, 4) is 17.7 Å². The molecule has 2 aromatic heterocycles. The van der Waals surface area contributed by atoms with Gasteiger partial charge in [0.25, 0.3) is 5.91 Å². The molecule has 126 valence electrons. The van der Waals surface area contributed by atoms with Crippen LogP contribution in [0.3, 0.4) is 0 Å². The van der Waals surface area contributed by atoms with Gasteiger partial charge < -0.3 is 9.88 Å². The number of aryl methyl sites for hydroxylation is 3. The van der Waals surface area contributed by atoms with E-state index in [2.05, 4.69) is 22.3 Å². The molecule has 25 heavy (non-hydrogen) atoms. The van der Waals surface area contributed by atoms with Gasteiger partial charge in [-0.25, -0.2) is 0 Å². The molecule has 5 nitrogen and oxygen atoms in total. The highest BCUT2D eigenvalue weighted by Gasteiger charge is 2.19. The quantitative estimate of drug-likeness (QED) is 0.750. The lowest BCUT2D eigenvalue weighted by Gasteiger charge is -2.12. The summed E-state index contributed by atoms with van der Waals surface area (Å²) in [4.78, 5) is 12.6. The average molecular weight is 332 g/mol. The third-order valence-corrected chi connectivity index (χ3v) is 3.98. The predicted molar refractivity (Wildman–Crippen MR) is 97.7 cm³/mol. The number of hydrogen-bond acceptors (Lipinski definition) is 2. The van der Waals surface area contributed by atoms with Gasteiger partial charge in [-0.15, -0.1) is 0 Å². The van der Waals surface area contributed by atoms with Gasteiger partial charge in [0.1, 0.15) is 11.4 Å². The Kier molecular flexibility index (Phi) is 4.71. The number of benzene rings is 1. The Morgan fingerprint density at radius 3 is 2.48 bits per heavy atom. The molecule has 2 heterocycles. The van der Waals surface area contributed by atoms with Gasteiger partial charge in [0.2, 0.25) is 0 Å². The van der Waals surface area contributed by atoms with E-state index in [0.717, 1.165) is 22.8 Å². The van der Waals surface area contributed by atoms with E-state index in [0.29, 0.717) is 5.56 Å². The molecule has 3 rings (SSSR count). The number of nitrogens with zero attached hydrogens (tertiary/aromatic N) is 3. The van der Waals surface area contributed by atoms with Gasteiger partial charge in [-0.2, -0.15) is 5.10 Å². The zero-order valence-corrected chi connectivity index (χ0v) is 14.6. The van der Waals surface area contributed by atoms with Crippen LogP contribution in [-0.4, -0.2) is 26.8 Å². The maximum atomic E-state index is 12.6. The van der Waals surface area contributed by atoms with E-state index in [-0.39, 0.29) is 12.5 Å². The summed E-state index contributed by atoms with van der Waals surface area (Å²) in [6.45, 7) is 4.30. The van der Waals surface area contributed by atoms with Gasteiger partial charge in [0.15, 0.2) is 0 Å². The molecular formula is C20H20N4O. The molecule has 0 saturated heterocycles.